The summed E-state index contributed by atoms with van der Waals surface area (Å²) in [4.78, 5) is 0. The molecule has 3 N–H and O–H groups in total. The topological polar surface area (TPSA) is 47.3 Å². The number of nitrogens with one attached hydrogen (secondary N) is 1. The fraction of sp³-hybridized carbons (Fsp3) is 0.538. The van der Waals surface area contributed by atoms with E-state index in [1.54, 1.807) is 7.11 Å². The van der Waals surface area contributed by atoms with Gasteiger partial charge in [-0.1, -0.05) is 25.0 Å². The average molecular weight is 220 g/mol. The summed E-state index contributed by atoms with van der Waals surface area (Å²) in [6.07, 6.45) is 3.79. The number of nitrogens with two attached hydrogens (primary N) is 1. The molecular weight excluding hydrogens is 200 g/mol. The lowest BCUT2D eigenvalue weighted by Crippen LogP contribution is -2.28. The van der Waals surface area contributed by atoms with Gasteiger partial charge in [0.25, 0.3) is 0 Å². The predicted molar refractivity (Wildman–Crippen MR) is 65.1 cm³/mol. The summed E-state index contributed by atoms with van der Waals surface area (Å²) >= 11 is 0. The van der Waals surface area contributed by atoms with Gasteiger partial charge in [0.05, 0.1) is 7.11 Å². The molecule has 0 spiro atoms. The van der Waals surface area contributed by atoms with Gasteiger partial charge >= 0.3 is 0 Å². The number of ether oxygens (including phenoxy) is 1. The Bertz CT molecular complexity index is 361. The van der Waals surface area contributed by atoms with Gasteiger partial charge in [0.2, 0.25) is 0 Å². The Morgan fingerprint density at radius 2 is 2.25 bits per heavy atom. The molecule has 0 bridgehead atoms. The molecule has 0 aliphatic heterocycles. The van der Waals surface area contributed by atoms with Crippen molar-refractivity contribution >= 4 is 0 Å². The standard InChI is InChI=1S/C13H20N2O/c1-9-3-6-11(13(7-9)16-2)12(15-14)8-10-4-5-10/h3,6-7,10,12,15H,4-5,8,14H2,1-2H3. The quantitative estimate of drug-likeness (QED) is 0.591. The van der Waals surface area contributed by atoms with Crippen LogP contribution in [0.4, 0.5) is 0 Å². The van der Waals surface area contributed by atoms with Crippen molar-refractivity contribution in [3.8, 4) is 5.75 Å². The summed E-state index contributed by atoms with van der Waals surface area (Å²) < 4.78 is 5.42. The Balaban J connectivity index is 2.21. The van der Waals surface area contributed by atoms with E-state index in [-0.39, 0.29) is 6.04 Å². The summed E-state index contributed by atoms with van der Waals surface area (Å²) in [6, 6.07) is 6.49. The second-order valence-electron chi connectivity index (χ2n) is 4.64. The van der Waals surface area contributed by atoms with Crippen molar-refractivity contribution in [1.82, 2.24) is 5.43 Å². The maximum absolute atomic E-state index is 5.64. The molecular formula is C13H20N2O. The molecule has 16 heavy (non-hydrogen) atoms. The van der Waals surface area contributed by atoms with Crippen molar-refractivity contribution in [2.45, 2.75) is 32.2 Å². The van der Waals surface area contributed by atoms with E-state index in [1.165, 1.54) is 24.0 Å². The molecule has 0 heterocycles. The highest BCUT2D eigenvalue weighted by Gasteiger charge is 2.27. The number of benzene rings is 1. The monoisotopic (exact) mass is 220 g/mol. The number of aryl methyl sites for hydroxylation is 1. The zero-order chi connectivity index (χ0) is 11.5. The molecule has 88 valence electrons. The van der Waals surface area contributed by atoms with E-state index in [2.05, 4.69) is 30.5 Å². The van der Waals surface area contributed by atoms with E-state index in [0.717, 1.165) is 18.1 Å². The number of methoxy groups -OCH3 is 1. The van der Waals surface area contributed by atoms with Gasteiger partial charge in [-0.25, -0.2) is 0 Å². The van der Waals surface area contributed by atoms with Gasteiger partial charge in [0.1, 0.15) is 5.75 Å². The fourth-order valence-electron chi connectivity index (χ4n) is 2.08. The molecule has 0 saturated heterocycles. The lowest BCUT2D eigenvalue weighted by Gasteiger charge is -2.19. The molecule has 2 rings (SSSR count). The third kappa shape index (κ3) is 2.54. The van der Waals surface area contributed by atoms with Crippen LogP contribution < -0.4 is 16.0 Å². The minimum Gasteiger partial charge on any atom is -0.496 e. The minimum absolute atomic E-state index is 0.211. The summed E-state index contributed by atoms with van der Waals surface area (Å²) in [5.41, 5.74) is 5.28. The van der Waals surface area contributed by atoms with Crippen LogP contribution in [0.1, 0.15) is 36.4 Å². The molecule has 1 fully saturated rings. The number of hydrogen-bond acceptors (Lipinski definition) is 3. The largest absolute Gasteiger partial charge is 0.496 e. The minimum atomic E-state index is 0.211. The highest BCUT2D eigenvalue weighted by Crippen LogP contribution is 2.39. The molecule has 1 aliphatic rings. The zero-order valence-corrected chi connectivity index (χ0v) is 9.99. The van der Waals surface area contributed by atoms with Crippen LogP contribution in [0, 0.1) is 12.8 Å². The molecule has 1 aliphatic carbocycles. The van der Waals surface area contributed by atoms with E-state index >= 15 is 0 Å². The van der Waals surface area contributed by atoms with E-state index < -0.39 is 0 Å². The molecule has 0 amide bonds. The first-order valence-corrected chi connectivity index (χ1v) is 5.85. The maximum atomic E-state index is 5.64. The summed E-state index contributed by atoms with van der Waals surface area (Å²) in [5, 5.41) is 0. The molecule has 1 aromatic carbocycles. The molecule has 1 aromatic rings. The van der Waals surface area contributed by atoms with Crippen LogP contribution in [-0.2, 0) is 0 Å². The highest BCUT2D eigenvalue weighted by molar-refractivity contribution is 5.39. The van der Waals surface area contributed by atoms with Crippen LogP contribution in [0.5, 0.6) is 5.75 Å². The molecule has 1 saturated carbocycles. The first-order chi connectivity index (χ1) is 7.74. The molecule has 1 unspecified atom stereocenters. The van der Waals surface area contributed by atoms with Crippen LogP contribution in [0.3, 0.4) is 0 Å². The van der Waals surface area contributed by atoms with Crippen molar-refractivity contribution < 1.29 is 4.74 Å². The number of hydrogen-bond donors (Lipinski definition) is 2. The van der Waals surface area contributed by atoms with Crippen molar-refractivity contribution in [3.05, 3.63) is 29.3 Å². The van der Waals surface area contributed by atoms with Gasteiger partial charge < -0.3 is 4.74 Å². The van der Waals surface area contributed by atoms with Crippen LogP contribution >= 0.6 is 0 Å². The normalized spacial score (nSPS) is 17.2. The molecule has 0 aromatic heterocycles. The zero-order valence-electron chi connectivity index (χ0n) is 9.99. The van der Waals surface area contributed by atoms with E-state index in [0.29, 0.717) is 0 Å². The Morgan fingerprint density at radius 3 is 2.81 bits per heavy atom. The summed E-state index contributed by atoms with van der Waals surface area (Å²) in [7, 11) is 1.71. The molecule has 0 radical (unpaired) electrons. The SMILES string of the molecule is COc1cc(C)ccc1C(CC1CC1)NN. The maximum Gasteiger partial charge on any atom is 0.123 e. The van der Waals surface area contributed by atoms with Crippen molar-refractivity contribution in [3.63, 3.8) is 0 Å². The third-order valence-electron chi connectivity index (χ3n) is 3.23. The van der Waals surface area contributed by atoms with Crippen LogP contribution in [-0.4, -0.2) is 7.11 Å². The predicted octanol–water partition coefficient (Wildman–Crippen LogP) is 2.31. The first-order valence-electron chi connectivity index (χ1n) is 5.85. The van der Waals surface area contributed by atoms with E-state index in [9.17, 15) is 0 Å². The lowest BCUT2D eigenvalue weighted by molar-refractivity contribution is 0.392. The van der Waals surface area contributed by atoms with Crippen molar-refractivity contribution in [2.75, 3.05) is 7.11 Å². The van der Waals surface area contributed by atoms with Gasteiger partial charge in [-0.15, -0.1) is 0 Å². The molecule has 3 nitrogen and oxygen atoms in total. The van der Waals surface area contributed by atoms with E-state index in [1.807, 2.05) is 0 Å². The van der Waals surface area contributed by atoms with Gasteiger partial charge in [-0.3, -0.25) is 11.3 Å². The fourth-order valence-corrected chi connectivity index (χ4v) is 2.08. The second kappa shape index (κ2) is 4.85. The van der Waals surface area contributed by atoms with Gasteiger partial charge in [-0.2, -0.15) is 0 Å². The van der Waals surface area contributed by atoms with Crippen LogP contribution in [0.15, 0.2) is 18.2 Å². The van der Waals surface area contributed by atoms with Gasteiger partial charge in [0, 0.05) is 11.6 Å². The van der Waals surface area contributed by atoms with Crippen LogP contribution in [0.2, 0.25) is 0 Å². The van der Waals surface area contributed by atoms with Gasteiger partial charge in [0.15, 0.2) is 0 Å². The van der Waals surface area contributed by atoms with Gasteiger partial charge in [-0.05, 0) is 30.9 Å². The lowest BCUT2D eigenvalue weighted by atomic mass is 9.99. The van der Waals surface area contributed by atoms with Crippen molar-refractivity contribution in [2.24, 2.45) is 11.8 Å². The average Bonchev–Trinajstić information content (AvgIpc) is 3.10. The van der Waals surface area contributed by atoms with E-state index in [4.69, 9.17) is 10.6 Å². The van der Waals surface area contributed by atoms with Crippen molar-refractivity contribution in [1.29, 1.82) is 0 Å². The first kappa shape index (κ1) is 11.4. The molecule has 1 atom stereocenters. The summed E-state index contributed by atoms with van der Waals surface area (Å²) in [5.74, 6) is 7.41. The number of hydrazine groups is 1. The smallest absolute Gasteiger partial charge is 0.123 e. The summed E-state index contributed by atoms with van der Waals surface area (Å²) in [6.45, 7) is 2.07. The Hall–Kier alpha value is -1.06. The van der Waals surface area contributed by atoms with Crippen LogP contribution in [0.25, 0.3) is 0 Å². The second-order valence-corrected chi connectivity index (χ2v) is 4.64. The highest BCUT2D eigenvalue weighted by atomic mass is 16.5. The Kier molecular flexibility index (Phi) is 3.46. The third-order valence-corrected chi connectivity index (χ3v) is 3.23. The number of rotatable bonds is 5. The Labute approximate surface area is 97.0 Å². The Morgan fingerprint density at radius 1 is 1.50 bits per heavy atom. The molecule has 3 heteroatoms.